The van der Waals surface area contributed by atoms with Crippen molar-refractivity contribution in [2.45, 2.75) is 198 Å². The maximum atomic E-state index is 13.8. The zero-order valence-corrected chi connectivity index (χ0v) is 39.7. The Hall–Kier alpha value is -2.76. The lowest BCUT2D eigenvalue weighted by atomic mass is 9.69. The number of alkyl halides is 36. The smallest absolute Gasteiger partial charge is 0.370 e. The summed E-state index contributed by atoms with van der Waals surface area (Å²) in [5.74, 6) is -3.09. The highest BCUT2D eigenvalue weighted by Crippen LogP contribution is 2.60. The van der Waals surface area contributed by atoms with E-state index < -0.39 is 178 Å². The molecular weight excluding hydrogens is 1250 g/mol. The lowest BCUT2D eigenvalue weighted by Gasteiger charge is -2.44. The van der Waals surface area contributed by atoms with Crippen LogP contribution in [-0.4, -0.2) is 147 Å². The third-order valence-corrected chi connectivity index (χ3v) is 12.9. The van der Waals surface area contributed by atoms with Gasteiger partial charge >= 0.3 is 96.5 Å². The van der Waals surface area contributed by atoms with Gasteiger partial charge in [-0.25, -0.2) is 0 Å². The molecule has 484 valence electrons. The lowest BCUT2D eigenvalue weighted by molar-refractivity contribution is -0.467. The average Bonchev–Trinajstić information content (AvgIpc) is 3.18. The molecule has 0 aromatic heterocycles. The summed E-state index contributed by atoms with van der Waals surface area (Å²) in [6.45, 7) is -12.1. The highest BCUT2D eigenvalue weighted by molar-refractivity contribution is 5.06. The predicted molar refractivity (Wildman–Crippen MR) is 192 cm³/mol. The molecule has 0 bridgehead atoms. The second-order valence-electron chi connectivity index (χ2n) is 18.4. The minimum Gasteiger partial charge on any atom is -0.370 e. The molecule has 0 spiro atoms. The van der Waals surface area contributed by atoms with E-state index in [1.165, 1.54) is 0 Å². The van der Waals surface area contributed by atoms with Gasteiger partial charge in [-0.1, -0.05) is 45.4 Å². The Kier molecular flexibility index (Phi) is 22.5. The first-order valence-electron chi connectivity index (χ1n) is 22.4. The normalized spacial score (nSPS) is 22.3. The molecule has 0 aromatic carbocycles. The highest BCUT2D eigenvalue weighted by Gasteiger charge is 2.89. The van der Waals surface area contributed by atoms with Crippen LogP contribution in [0.3, 0.4) is 0 Å². The van der Waals surface area contributed by atoms with Gasteiger partial charge < -0.3 is 28.4 Å². The van der Waals surface area contributed by atoms with Gasteiger partial charge in [0.15, 0.2) is 0 Å². The van der Waals surface area contributed by atoms with Crippen LogP contribution < -0.4 is 0 Å². The molecule has 2 rings (SSSR count). The molecule has 2 atom stereocenters. The van der Waals surface area contributed by atoms with E-state index in [0.29, 0.717) is 25.7 Å². The SMILES string of the molecule is CCCCCC1CCC(C2CC(OC(COC(C(F)(F)F)(C(F)(F)F)C(F)(F)F)COC(C(F)(F)F)(C(F)(F)F)C(F)(F)F)CC(OC(COC(C(F)(F)F)(C(F)(F)F)C(F)(F)F)COC(C(F)(F)F)(C(F)(F)F)C(F)(F)F)C2)CC1. The minimum atomic E-state index is -7.89. The molecule has 6 nitrogen and oxygen atoms in total. The van der Waals surface area contributed by atoms with Gasteiger partial charge in [0.05, 0.1) is 38.6 Å². The van der Waals surface area contributed by atoms with Gasteiger partial charge in [0, 0.05) is 0 Å². The Balaban J connectivity index is 3.05. The number of ether oxygens (including phenoxy) is 6. The van der Waals surface area contributed by atoms with Crippen LogP contribution in [0.4, 0.5) is 158 Å². The summed E-state index contributed by atoms with van der Waals surface area (Å²) in [6, 6.07) is 0. The first kappa shape index (κ1) is 74.3. The molecule has 2 unspecified atom stereocenters. The maximum Gasteiger partial charge on any atom is 0.435 e. The Labute approximate surface area is 429 Å². The van der Waals surface area contributed by atoms with E-state index in [2.05, 4.69) is 18.9 Å². The zero-order chi connectivity index (χ0) is 63.9. The van der Waals surface area contributed by atoms with E-state index in [9.17, 15) is 158 Å². The van der Waals surface area contributed by atoms with E-state index in [1.54, 1.807) is 6.92 Å². The van der Waals surface area contributed by atoms with Crippen molar-refractivity contribution in [3.8, 4) is 0 Å². The van der Waals surface area contributed by atoms with Gasteiger partial charge in [-0.3, -0.25) is 0 Å². The molecule has 2 fully saturated rings. The number of halogens is 36. The fourth-order valence-electron chi connectivity index (χ4n) is 9.08. The number of hydrogen-bond donors (Lipinski definition) is 0. The van der Waals surface area contributed by atoms with E-state index in [1.807, 2.05) is 0 Å². The number of hydrogen-bond acceptors (Lipinski definition) is 6. The van der Waals surface area contributed by atoms with E-state index >= 15 is 0 Å². The van der Waals surface area contributed by atoms with Crippen LogP contribution in [0.2, 0.25) is 0 Å². The van der Waals surface area contributed by atoms with Crippen molar-refractivity contribution in [3.05, 3.63) is 0 Å². The van der Waals surface area contributed by atoms with Crippen molar-refractivity contribution in [2.24, 2.45) is 17.8 Å². The van der Waals surface area contributed by atoms with Crippen LogP contribution in [0.5, 0.6) is 0 Å². The van der Waals surface area contributed by atoms with Gasteiger partial charge in [-0.15, -0.1) is 0 Å². The molecule has 0 aromatic rings. The van der Waals surface area contributed by atoms with Gasteiger partial charge in [-0.2, -0.15) is 158 Å². The highest BCUT2D eigenvalue weighted by atomic mass is 19.5. The molecule has 81 heavy (non-hydrogen) atoms. The second-order valence-corrected chi connectivity index (χ2v) is 18.4. The van der Waals surface area contributed by atoms with Gasteiger partial charge in [0.1, 0.15) is 12.2 Å². The first-order valence-corrected chi connectivity index (χ1v) is 22.4. The molecule has 0 saturated heterocycles. The van der Waals surface area contributed by atoms with Crippen LogP contribution in [0.1, 0.15) is 77.6 Å². The Bertz CT molecular complexity index is 1560. The fourth-order valence-corrected chi connectivity index (χ4v) is 9.08. The van der Waals surface area contributed by atoms with E-state index in [-0.39, 0.29) is 31.6 Å². The molecule has 0 N–H and O–H groups in total. The fraction of sp³-hybridized carbons (Fsp3) is 1.00. The van der Waals surface area contributed by atoms with Crippen LogP contribution in [0, 0.1) is 17.8 Å². The Morgan fingerprint density at radius 1 is 0.296 bits per heavy atom. The van der Waals surface area contributed by atoms with Crippen LogP contribution >= 0.6 is 0 Å². The van der Waals surface area contributed by atoms with Gasteiger partial charge in [0.2, 0.25) is 0 Å². The second kappa shape index (κ2) is 24.5. The molecule has 42 heteroatoms. The van der Waals surface area contributed by atoms with Gasteiger partial charge in [0.25, 0.3) is 0 Å². The van der Waals surface area contributed by atoms with Crippen LogP contribution in [0.25, 0.3) is 0 Å². The summed E-state index contributed by atoms with van der Waals surface area (Å²) >= 11 is 0. The van der Waals surface area contributed by atoms with Crippen molar-refractivity contribution in [1.82, 2.24) is 0 Å². The Morgan fingerprint density at radius 3 is 0.716 bits per heavy atom. The first-order chi connectivity index (χ1) is 35.7. The maximum absolute atomic E-state index is 13.8. The predicted octanol–water partition coefficient (Wildman–Crippen LogP) is 16.4. The zero-order valence-electron chi connectivity index (χ0n) is 39.7. The van der Waals surface area contributed by atoms with Crippen molar-refractivity contribution >= 4 is 0 Å². The molecule has 0 heterocycles. The summed E-state index contributed by atoms with van der Waals surface area (Å²) in [5, 5.41) is 0. The van der Waals surface area contributed by atoms with Gasteiger partial charge in [-0.05, 0) is 49.9 Å². The largest absolute Gasteiger partial charge is 0.435 e. The third-order valence-electron chi connectivity index (χ3n) is 12.9. The molecule has 0 radical (unpaired) electrons. The summed E-state index contributed by atoms with van der Waals surface area (Å²) < 4.78 is 520. The summed E-state index contributed by atoms with van der Waals surface area (Å²) in [5.41, 5.74) is -30.6. The van der Waals surface area contributed by atoms with Crippen LogP contribution in [0.15, 0.2) is 0 Å². The molecule has 2 saturated carbocycles. The standard InChI is InChI=1S/C39H40F36O6/c1-2-3-4-5-17-6-8-18(9-7-17)19-10-20(80-22(13-76-24(28(40,41)42,29(43,44)45)30(46,47)48)14-77-25(31(49,50)51,32(52,53)54)33(55,56)57)12-21(11-19)81-23(15-78-26(34(58,59)60,35(61,62)63)36(64,65)66)16-79-27(37(67,68)69,38(70,71)72)39(73,74)75/h17-23H,2-16H2,1H3. The monoisotopic (exact) mass is 1290 g/mol. The number of rotatable bonds is 21. The van der Waals surface area contributed by atoms with E-state index in [0.717, 1.165) is 0 Å². The quantitative estimate of drug-likeness (QED) is 0.0843. The van der Waals surface area contributed by atoms with Crippen LogP contribution in [-0.2, 0) is 28.4 Å². The van der Waals surface area contributed by atoms with E-state index in [4.69, 9.17) is 9.47 Å². The topological polar surface area (TPSA) is 55.4 Å². The lowest BCUT2D eigenvalue weighted by Crippen LogP contribution is -2.69. The van der Waals surface area contributed by atoms with Crippen molar-refractivity contribution in [3.63, 3.8) is 0 Å². The average molecular weight is 1290 g/mol. The van der Waals surface area contributed by atoms with Crippen molar-refractivity contribution in [2.75, 3.05) is 26.4 Å². The minimum absolute atomic E-state index is 0.0577. The molecule has 0 amide bonds. The van der Waals surface area contributed by atoms with Crippen molar-refractivity contribution < 1.29 is 186 Å². The summed E-state index contributed by atoms with van der Waals surface area (Å²) in [7, 11) is 0. The number of unbranched alkanes of at least 4 members (excludes halogenated alkanes) is 2. The molecular formula is C39H40F36O6. The molecule has 2 aliphatic rings. The van der Waals surface area contributed by atoms with Crippen molar-refractivity contribution in [1.29, 1.82) is 0 Å². The summed E-state index contributed by atoms with van der Waals surface area (Å²) in [4.78, 5) is 0. The Morgan fingerprint density at radius 2 is 0.519 bits per heavy atom. The summed E-state index contributed by atoms with van der Waals surface area (Å²) in [6.07, 6.45) is -111. The third kappa shape index (κ3) is 15.4. The molecule has 2 aliphatic carbocycles. The molecule has 0 aliphatic heterocycles.